The lowest BCUT2D eigenvalue weighted by atomic mass is 9.84. The van der Waals surface area contributed by atoms with Gasteiger partial charge in [0.25, 0.3) is 0 Å². The van der Waals surface area contributed by atoms with Crippen molar-refractivity contribution >= 4 is 43.5 Å². The average molecular weight is 735 g/mol. The van der Waals surface area contributed by atoms with Crippen molar-refractivity contribution in [2.75, 3.05) is 0 Å². The number of hydrogen-bond acceptors (Lipinski definition) is 6. The van der Waals surface area contributed by atoms with Crippen molar-refractivity contribution in [2.24, 2.45) is 0 Å². The molecular weight excluding hydrogens is 697 g/mol. The molecule has 1 atom stereocenters. The molecule has 0 radical (unpaired) electrons. The fourth-order valence-electron chi connectivity index (χ4n) is 7.89. The molecule has 0 amide bonds. The third-order valence-corrected chi connectivity index (χ3v) is 10.5. The number of hydrogen-bond donors (Lipinski definition) is 6. The second-order valence-corrected chi connectivity index (χ2v) is 13.7. The van der Waals surface area contributed by atoms with Gasteiger partial charge < -0.3 is 30.6 Å². The maximum atomic E-state index is 11.8. The maximum Gasteiger partial charge on any atom is 0.208 e. The molecule has 7 aromatic rings. The van der Waals surface area contributed by atoms with Crippen LogP contribution in [-0.4, -0.2) is 30.6 Å². The molecule has 0 saturated carbocycles. The van der Waals surface area contributed by atoms with Crippen LogP contribution >= 0.6 is 0 Å². The minimum atomic E-state index is -1.00. The summed E-state index contributed by atoms with van der Waals surface area (Å²) in [6.07, 6.45) is 16.9. The van der Waals surface area contributed by atoms with Gasteiger partial charge in [0.15, 0.2) is 11.5 Å². The first-order chi connectivity index (χ1) is 27.2. The minimum absolute atomic E-state index is 0.144. The minimum Gasteiger partial charge on any atom is -0.507 e. The average Bonchev–Trinajstić information content (AvgIpc) is 3.48. The summed E-state index contributed by atoms with van der Waals surface area (Å²) in [6.45, 7) is 6.06. The molecule has 0 aliphatic heterocycles. The van der Waals surface area contributed by atoms with Crippen LogP contribution in [0, 0.1) is 0 Å². The smallest absolute Gasteiger partial charge is 0.208 e. The quantitative estimate of drug-likeness (QED) is 0.0420. The molecule has 0 bridgehead atoms. The zero-order valence-corrected chi connectivity index (χ0v) is 30.5. The van der Waals surface area contributed by atoms with Crippen molar-refractivity contribution in [1.29, 1.82) is 0 Å². The molecule has 0 fully saturated rings. The van der Waals surface area contributed by atoms with Gasteiger partial charge in [0.2, 0.25) is 17.2 Å². The lowest BCUT2D eigenvalue weighted by Crippen LogP contribution is -1.97. The molecule has 0 spiro atoms. The number of phenols is 6. The van der Waals surface area contributed by atoms with Crippen molar-refractivity contribution in [3.8, 4) is 56.8 Å². The number of allylic oxidation sites excluding steroid dienone is 11. The number of phenolic OH excluding ortho intramolecular Hbond substituents is 6. The first-order valence-electron chi connectivity index (χ1n) is 18.2. The van der Waals surface area contributed by atoms with Crippen molar-refractivity contribution in [1.82, 2.24) is 0 Å². The van der Waals surface area contributed by atoms with Gasteiger partial charge in [-0.1, -0.05) is 152 Å². The Balaban J connectivity index is 1.35. The van der Waals surface area contributed by atoms with E-state index in [2.05, 4.69) is 43.0 Å². The SMILES string of the molecule is C=C/C(=C\C=C/C)c1cc(-c2cccc(-c3c4ccccc4c(C4=CC(c5c(O)c(O)c(O)c(O)c5O)C=CC=C4)c4ccccc34)c2)c(O)c2ccccc12. The molecule has 1 unspecified atom stereocenters. The van der Waals surface area contributed by atoms with E-state index in [0.29, 0.717) is 5.56 Å². The standard InChI is InChI=1S/C50H38O6/c1-3-5-15-29(4-2)40-28-41(45(51)39-25-13-8-20-34(39)40)30-18-14-19-32(26-30)43-37-23-11-9-21-35(37)42(36-22-10-12-24-38(36)43)31-16-6-7-17-33(27-31)44-46(52)48(54)50(56)49(55)47(44)53/h3-28,33,51-56H,2H2,1H3/b5-3-,29-15+. The van der Waals surface area contributed by atoms with Gasteiger partial charge in [0.1, 0.15) is 5.75 Å². The Labute approximate surface area is 323 Å². The first-order valence-corrected chi connectivity index (χ1v) is 18.2. The van der Waals surface area contributed by atoms with Gasteiger partial charge in [-0.05, 0) is 85.0 Å². The van der Waals surface area contributed by atoms with Gasteiger partial charge in [-0.15, -0.1) is 0 Å². The predicted molar refractivity (Wildman–Crippen MR) is 228 cm³/mol. The van der Waals surface area contributed by atoms with Crippen molar-refractivity contribution in [2.45, 2.75) is 12.8 Å². The highest BCUT2D eigenvalue weighted by Crippen LogP contribution is 2.54. The van der Waals surface area contributed by atoms with Crippen LogP contribution in [0.15, 0.2) is 164 Å². The molecule has 6 N–H and O–H groups in total. The van der Waals surface area contributed by atoms with E-state index in [1.807, 2.05) is 116 Å². The Morgan fingerprint density at radius 1 is 0.571 bits per heavy atom. The Hall–Kier alpha value is -7.44. The summed E-state index contributed by atoms with van der Waals surface area (Å²) in [5.74, 6) is -4.89. The van der Waals surface area contributed by atoms with Gasteiger partial charge in [-0.25, -0.2) is 0 Å². The van der Waals surface area contributed by atoms with E-state index in [-0.39, 0.29) is 11.3 Å². The van der Waals surface area contributed by atoms with E-state index < -0.39 is 34.7 Å². The van der Waals surface area contributed by atoms with Crippen LogP contribution in [0.3, 0.4) is 0 Å². The maximum absolute atomic E-state index is 11.8. The van der Waals surface area contributed by atoms with Gasteiger partial charge in [0, 0.05) is 16.9 Å². The summed E-state index contributed by atoms with van der Waals surface area (Å²) < 4.78 is 0. The summed E-state index contributed by atoms with van der Waals surface area (Å²) in [7, 11) is 0. The molecule has 1 aliphatic rings. The van der Waals surface area contributed by atoms with Crippen molar-refractivity contribution in [3.05, 3.63) is 181 Å². The Morgan fingerprint density at radius 2 is 1.12 bits per heavy atom. The molecule has 0 heterocycles. The molecular formula is C50H38O6. The largest absolute Gasteiger partial charge is 0.507 e. The zero-order valence-electron chi connectivity index (χ0n) is 30.5. The van der Waals surface area contributed by atoms with Crippen LogP contribution in [0.5, 0.6) is 34.5 Å². The predicted octanol–water partition coefficient (Wildman–Crippen LogP) is 12.2. The highest BCUT2D eigenvalue weighted by molar-refractivity contribution is 6.19. The monoisotopic (exact) mass is 734 g/mol. The zero-order chi connectivity index (χ0) is 39.1. The Bertz CT molecular complexity index is 2820. The van der Waals surface area contributed by atoms with Crippen LogP contribution < -0.4 is 0 Å². The second kappa shape index (κ2) is 14.4. The summed E-state index contributed by atoms with van der Waals surface area (Å²) in [5.41, 5.74) is 6.96. The number of aromatic hydroxyl groups is 6. The lowest BCUT2D eigenvalue weighted by Gasteiger charge is -2.20. The molecule has 6 nitrogen and oxygen atoms in total. The normalized spacial score (nSPS) is 14.5. The molecule has 56 heavy (non-hydrogen) atoms. The van der Waals surface area contributed by atoms with Crippen molar-refractivity contribution < 1.29 is 30.6 Å². The molecule has 7 aromatic carbocycles. The fraction of sp³-hybridized carbons (Fsp3) is 0.0400. The molecule has 0 aromatic heterocycles. The first kappa shape index (κ1) is 35.6. The van der Waals surface area contributed by atoms with Gasteiger partial charge in [-0.2, -0.15) is 0 Å². The highest BCUT2D eigenvalue weighted by atomic mass is 16.4. The Morgan fingerprint density at radius 3 is 1.73 bits per heavy atom. The lowest BCUT2D eigenvalue weighted by molar-refractivity contribution is 0.324. The van der Waals surface area contributed by atoms with E-state index in [9.17, 15) is 30.6 Å². The van der Waals surface area contributed by atoms with Crippen LogP contribution in [0.4, 0.5) is 0 Å². The number of rotatable bonds is 7. The van der Waals surface area contributed by atoms with Gasteiger partial charge >= 0.3 is 0 Å². The molecule has 6 heteroatoms. The highest BCUT2D eigenvalue weighted by Gasteiger charge is 2.28. The number of benzene rings is 7. The fourth-order valence-corrected chi connectivity index (χ4v) is 7.89. The molecule has 0 saturated heterocycles. The van der Waals surface area contributed by atoms with E-state index in [1.54, 1.807) is 12.2 Å². The third kappa shape index (κ3) is 5.85. The van der Waals surface area contributed by atoms with E-state index >= 15 is 0 Å². The molecule has 274 valence electrons. The Kier molecular flexibility index (Phi) is 9.16. The van der Waals surface area contributed by atoms with E-state index in [1.165, 1.54) is 0 Å². The number of fused-ring (bicyclic) bond motifs is 3. The summed E-state index contributed by atoms with van der Waals surface area (Å²) in [6, 6.07) is 34.4. The topological polar surface area (TPSA) is 121 Å². The van der Waals surface area contributed by atoms with Crippen LogP contribution in [-0.2, 0) is 0 Å². The molecule has 1 aliphatic carbocycles. The summed E-state index contributed by atoms with van der Waals surface area (Å²) in [4.78, 5) is 0. The summed E-state index contributed by atoms with van der Waals surface area (Å²) >= 11 is 0. The summed E-state index contributed by atoms with van der Waals surface area (Å²) in [5, 5.41) is 69.9. The van der Waals surface area contributed by atoms with Gasteiger partial charge in [-0.3, -0.25) is 0 Å². The van der Waals surface area contributed by atoms with Crippen molar-refractivity contribution in [3.63, 3.8) is 0 Å². The van der Waals surface area contributed by atoms with Gasteiger partial charge in [0.05, 0.1) is 5.56 Å². The van der Waals surface area contributed by atoms with Crippen LogP contribution in [0.1, 0.15) is 29.5 Å². The molecule has 8 rings (SSSR count). The van der Waals surface area contributed by atoms with Crippen LogP contribution in [0.25, 0.3) is 65.7 Å². The van der Waals surface area contributed by atoms with E-state index in [4.69, 9.17) is 0 Å². The van der Waals surface area contributed by atoms with E-state index in [0.717, 1.165) is 71.3 Å². The second-order valence-electron chi connectivity index (χ2n) is 13.7. The van der Waals surface area contributed by atoms with Crippen LogP contribution in [0.2, 0.25) is 0 Å². The third-order valence-electron chi connectivity index (χ3n) is 10.5.